The lowest BCUT2D eigenvalue weighted by Gasteiger charge is -2.24. The second-order valence-corrected chi connectivity index (χ2v) is 12.3. The zero-order chi connectivity index (χ0) is 31.6. The molecule has 2 atom stereocenters. The average molecular weight is 618 g/mol. The van der Waals surface area contributed by atoms with E-state index in [1.807, 2.05) is 60.7 Å². The predicted molar refractivity (Wildman–Crippen MR) is 192 cm³/mol. The Kier molecular flexibility index (Phi) is 5.93. The highest BCUT2D eigenvalue weighted by Crippen LogP contribution is 2.49. The maximum Gasteiger partial charge on any atom is 0.164 e. The highest BCUT2D eigenvalue weighted by atomic mass is 16.5. The first-order chi connectivity index (χ1) is 23.8. The Labute approximate surface area is 276 Å². The first kappa shape index (κ1) is 26.8. The van der Waals surface area contributed by atoms with E-state index < -0.39 is 0 Å². The number of allylic oxidation sites excluding steroid dienone is 2. The van der Waals surface area contributed by atoms with Crippen molar-refractivity contribution in [3.63, 3.8) is 0 Å². The van der Waals surface area contributed by atoms with Crippen LogP contribution in [0.15, 0.2) is 156 Å². The Hall–Kier alpha value is -6.33. The van der Waals surface area contributed by atoms with E-state index in [0.717, 1.165) is 55.3 Å². The molecule has 0 saturated carbocycles. The number of aromatic nitrogens is 3. The van der Waals surface area contributed by atoms with E-state index in [2.05, 4.69) is 91.0 Å². The van der Waals surface area contributed by atoms with Crippen LogP contribution in [0.4, 0.5) is 0 Å². The summed E-state index contributed by atoms with van der Waals surface area (Å²) in [5.74, 6) is 2.86. The smallest absolute Gasteiger partial charge is 0.164 e. The minimum atomic E-state index is -0.0496. The Bertz CT molecular complexity index is 2620. The van der Waals surface area contributed by atoms with Crippen LogP contribution in [0.5, 0.6) is 5.75 Å². The van der Waals surface area contributed by atoms with Crippen LogP contribution in [0.25, 0.3) is 72.4 Å². The van der Waals surface area contributed by atoms with E-state index in [1.54, 1.807) is 0 Å². The first-order valence-corrected chi connectivity index (χ1v) is 16.2. The molecule has 2 aliphatic rings. The molecule has 2 unspecified atom stereocenters. The van der Waals surface area contributed by atoms with E-state index in [0.29, 0.717) is 17.5 Å². The molecule has 2 aromatic heterocycles. The van der Waals surface area contributed by atoms with Gasteiger partial charge in [0.1, 0.15) is 23.0 Å². The van der Waals surface area contributed by atoms with Gasteiger partial charge in [0.25, 0.3) is 0 Å². The summed E-state index contributed by atoms with van der Waals surface area (Å²) >= 11 is 0. The standard InChI is InChI=1S/C43H27N3O2/c1-2-11-26(12-3-1)41-44-42(28-21-22-32-31-15-6-8-18-36(31)48-39(32)25-28)46-43(45-41)29-23-27-13-4-5-14-30(27)35(24-29)33-17-10-20-38-40(33)34-16-7-9-19-37(34)47-38/h1-25,38,40H. The summed E-state index contributed by atoms with van der Waals surface area (Å²) in [5, 5.41) is 4.46. The number of hydrogen-bond acceptors (Lipinski definition) is 5. The van der Waals surface area contributed by atoms with Gasteiger partial charge in [0.05, 0.1) is 5.92 Å². The van der Waals surface area contributed by atoms with Gasteiger partial charge in [-0.25, -0.2) is 15.0 Å². The fraction of sp³-hybridized carbons (Fsp3) is 0.0465. The van der Waals surface area contributed by atoms with Crippen LogP contribution in [-0.2, 0) is 0 Å². The third-order valence-corrected chi connectivity index (χ3v) is 9.49. The number of para-hydroxylation sites is 2. The SMILES string of the molecule is C1=CC2Oc3ccccc3C2C(c2cc(-c3nc(-c4ccccc4)nc(-c4ccc5c(c4)oc4ccccc45)n3)cc3ccccc23)=C1. The Morgan fingerprint density at radius 2 is 1.23 bits per heavy atom. The molecule has 0 radical (unpaired) electrons. The van der Waals surface area contributed by atoms with Crippen molar-refractivity contribution < 1.29 is 9.15 Å². The van der Waals surface area contributed by atoms with Crippen LogP contribution in [0.1, 0.15) is 17.0 Å². The van der Waals surface area contributed by atoms with Gasteiger partial charge in [-0.15, -0.1) is 0 Å². The fourth-order valence-electron chi connectivity index (χ4n) is 7.26. The quantitative estimate of drug-likeness (QED) is 0.197. The molecular weight excluding hydrogens is 590 g/mol. The number of benzene rings is 6. The first-order valence-electron chi connectivity index (χ1n) is 16.2. The molecule has 10 rings (SSSR count). The highest BCUT2D eigenvalue weighted by molar-refractivity contribution is 6.06. The van der Waals surface area contributed by atoms with Gasteiger partial charge in [-0.1, -0.05) is 109 Å². The molecule has 3 heterocycles. The molecule has 0 spiro atoms. The second-order valence-electron chi connectivity index (χ2n) is 12.3. The molecule has 0 saturated heterocycles. The fourth-order valence-corrected chi connectivity index (χ4v) is 7.26. The molecule has 5 nitrogen and oxygen atoms in total. The number of ether oxygens (including phenoxy) is 1. The van der Waals surface area contributed by atoms with Crippen LogP contribution >= 0.6 is 0 Å². The molecule has 0 N–H and O–H groups in total. The summed E-state index contributed by atoms with van der Waals surface area (Å²) in [7, 11) is 0. The minimum Gasteiger partial charge on any atom is -0.485 e. The van der Waals surface area contributed by atoms with Gasteiger partial charge in [0, 0.05) is 33.0 Å². The summed E-state index contributed by atoms with van der Waals surface area (Å²) in [6.07, 6.45) is 6.46. The van der Waals surface area contributed by atoms with Crippen LogP contribution in [0.3, 0.4) is 0 Å². The topological polar surface area (TPSA) is 61.0 Å². The lowest BCUT2D eigenvalue weighted by Crippen LogP contribution is -2.19. The molecule has 226 valence electrons. The third kappa shape index (κ3) is 4.28. The molecule has 48 heavy (non-hydrogen) atoms. The second kappa shape index (κ2) is 10.6. The third-order valence-electron chi connectivity index (χ3n) is 9.49. The van der Waals surface area contributed by atoms with E-state index in [1.165, 1.54) is 16.5 Å². The Morgan fingerprint density at radius 1 is 0.521 bits per heavy atom. The van der Waals surface area contributed by atoms with Crippen molar-refractivity contribution in [2.45, 2.75) is 12.0 Å². The lowest BCUT2D eigenvalue weighted by molar-refractivity contribution is 0.271. The number of nitrogens with zero attached hydrogens (tertiary/aromatic N) is 3. The summed E-state index contributed by atoms with van der Waals surface area (Å²) in [4.78, 5) is 15.2. The lowest BCUT2D eigenvalue weighted by atomic mass is 9.79. The summed E-state index contributed by atoms with van der Waals surface area (Å²) in [6, 6.07) is 45.7. The van der Waals surface area contributed by atoms with Crippen LogP contribution in [0, 0.1) is 0 Å². The summed E-state index contributed by atoms with van der Waals surface area (Å²) < 4.78 is 12.6. The summed E-state index contributed by atoms with van der Waals surface area (Å²) in [6.45, 7) is 0. The maximum absolute atomic E-state index is 6.40. The van der Waals surface area contributed by atoms with E-state index in [9.17, 15) is 0 Å². The van der Waals surface area contributed by atoms with Gasteiger partial charge in [-0.3, -0.25) is 0 Å². The zero-order valence-corrected chi connectivity index (χ0v) is 25.7. The van der Waals surface area contributed by atoms with Crippen LogP contribution in [-0.4, -0.2) is 21.1 Å². The number of fused-ring (bicyclic) bond motifs is 7. The predicted octanol–water partition coefficient (Wildman–Crippen LogP) is 10.4. The van der Waals surface area contributed by atoms with Gasteiger partial charge in [-0.05, 0) is 64.4 Å². The van der Waals surface area contributed by atoms with Crippen molar-refractivity contribution in [2.24, 2.45) is 0 Å². The van der Waals surface area contributed by atoms with Gasteiger partial charge >= 0.3 is 0 Å². The molecule has 0 fully saturated rings. The van der Waals surface area contributed by atoms with Crippen molar-refractivity contribution in [3.05, 3.63) is 163 Å². The molecule has 5 heteroatoms. The van der Waals surface area contributed by atoms with E-state index >= 15 is 0 Å². The van der Waals surface area contributed by atoms with Gasteiger partial charge in [0.15, 0.2) is 17.5 Å². The Morgan fingerprint density at radius 3 is 2.12 bits per heavy atom. The van der Waals surface area contributed by atoms with Crippen molar-refractivity contribution in [1.82, 2.24) is 15.0 Å². The normalized spacial score (nSPS) is 16.5. The van der Waals surface area contributed by atoms with E-state index in [-0.39, 0.29) is 12.0 Å². The monoisotopic (exact) mass is 617 g/mol. The van der Waals surface area contributed by atoms with Gasteiger partial charge in [0.2, 0.25) is 0 Å². The van der Waals surface area contributed by atoms with Crippen molar-refractivity contribution in [2.75, 3.05) is 0 Å². The van der Waals surface area contributed by atoms with Crippen molar-refractivity contribution in [1.29, 1.82) is 0 Å². The zero-order valence-electron chi connectivity index (χ0n) is 25.7. The molecule has 1 aliphatic carbocycles. The minimum absolute atomic E-state index is 0.0496. The van der Waals surface area contributed by atoms with E-state index in [4.69, 9.17) is 24.1 Å². The molecular formula is C43H27N3O2. The number of rotatable bonds is 4. The molecule has 0 amide bonds. The largest absolute Gasteiger partial charge is 0.485 e. The Balaban J connectivity index is 1.17. The number of furan rings is 1. The van der Waals surface area contributed by atoms with Crippen LogP contribution < -0.4 is 4.74 Å². The molecule has 6 aromatic carbocycles. The number of hydrogen-bond donors (Lipinski definition) is 0. The maximum atomic E-state index is 6.40. The van der Waals surface area contributed by atoms with Crippen molar-refractivity contribution in [3.8, 4) is 39.9 Å². The average Bonchev–Trinajstić information content (AvgIpc) is 3.73. The van der Waals surface area contributed by atoms with Crippen molar-refractivity contribution >= 4 is 38.3 Å². The van der Waals surface area contributed by atoms with Crippen LogP contribution in [0.2, 0.25) is 0 Å². The van der Waals surface area contributed by atoms with Gasteiger partial charge < -0.3 is 9.15 Å². The molecule has 0 bridgehead atoms. The van der Waals surface area contributed by atoms with Gasteiger partial charge in [-0.2, -0.15) is 0 Å². The summed E-state index contributed by atoms with van der Waals surface area (Å²) in [5.41, 5.74) is 7.96. The molecule has 1 aliphatic heterocycles. The highest BCUT2D eigenvalue weighted by Gasteiger charge is 2.37. The molecule has 8 aromatic rings.